The zero-order valence-corrected chi connectivity index (χ0v) is 12.0. The molecule has 14 heavy (non-hydrogen) atoms. The van der Waals surface area contributed by atoms with Crippen LogP contribution in [0.3, 0.4) is 0 Å². The average Bonchev–Trinajstić information content (AvgIpc) is 2.20. The lowest BCUT2D eigenvalue weighted by molar-refractivity contribution is 0.356. The molecule has 0 heterocycles. The maximum atomic E-state index is 4.50. The van der Waals surface area contributed by atoms with Crippen LogP contribution in [0.25, 0.3) is 0 Å². The fourth-order valence-electron chi connectivity index (χ4n) is 1.22. The van der Waals surface area contributed by atoms with E-state index in [9.17, 15) is 0 Å². The van der Waals surface area contributed by atoms with Crippen LogP contribution in [0.1, 0.15) is 47.5 Å². The molecule has 0 aromatic rings. The van der Waals surface area contributed by atoms with E-state index >= 15 is 0 Å². The Morgan fingerprint density at radius 2 is 1.64 bits per heavy atom. The number of rotatable bonds is 7. The highest BCUT2D eigenvalue weighted by molar-refractivity contribution is 7.99. The molecule has 0 aliphatic rings. The van der Waals surface area contributed by atoms with Crippen molar-refractivity contribution in [2.24, 2.45) is 11.3 Å². The highest BCUT2D eigenvalue weighted by atomic mass is 32.2. The van der Waals surface area contributed by atoms with E-state index in [1.807, 2.05) is 0 Å². The summed E-state index contributed by atoms with van der Waals surface area (Å²) in [6.45, 7) is 11.5. The Balaban J connectivity index is 4.05. The van der Waals surface area contributed by atoms with Crippen LogP contribution in [-0.2, 0) is 0 Å². The summed E-state index contributed by atoms with van der Waals surface area (Å²) in [5.74, 6) is 3.08. The lowest BCUT2D eigenvalue weighted by Gasteiger charge is -2.31. The van der Waals surface area contributed by atoms with Gasteiger partial charge in [0.2, 0.25) is 0 Å². The summed E-state index contributed by atoms with van der Waals surface area (Å²) < 4.78 is 0. The van der Waals surface area contributed by atoms with Crippen molar-refractivity contribution in [2.75, 3.05) is 11.5 Å². The summed E-state index contributed by atoms with van der Waals surface area (Å²) in [5.41, 5.74) is 0.469. The van der Waals surface area contributed by atoms with Crippen molar-refractivity contribution in [1.82, 2.24) is 0 Å². The molecule has 0 nitrogen and oxygen atoms in total. The summed E-state index contributed by atoms with van der Waals surface area (Å²) in [5, 5.41) is 0.771. The molecule has 0 saturated carbocycles. The SMILES string of the molecule is CCC(CC)(CS)CSC(C)C(C)C. The molecular formula is C12H26S2. The van der Waals surface area contributed by atoms with Gasteiger partial charge in [-0.3, -0.25) is 0 Å². The fourth-order valence-corrected chi connectivity index (χ4v) is 3.45. The lowest BCUT2D eigenvalue weighted by atomic mass is 9.87. The minimum atomic E-state index is 0.469. The topological polar surface area (TPSA) is 0 Å². The van der Waals surface area contributed by atoms with Gasteiger partial charge in [-0.1, -0.05) is 34.6 Å². The molecule has 86 valence electrons. The van der Waals surface area contributed by atoms with Crippen LogP contribution in [0.2, 0.25) is 0 Å². The maximum Gasteiger partial charge on any atom is 0.00419 e. The molecule has 0 rings (SSSR count). The first-order valence-corrected chi connectivity index (χ1v) is 7.42. The number of thioether (sulfide) groups is 1. The van der Waals surface area contributed by atoms with Gasteiger partial charge in [-0.25, -0.2) is 0 Å². The molecule has 0 aliphatic heterocycles. The van der Waals surface area contributed by atoms with E-state index in [1.54, 1.807) is 0 Å². The van der Waals surface area contributed by atoms with Gasteiger partial charge in [0.25, 0.3) is 0 Å². The Morgan fingerprint density at radius 3 is 1.93 bits per heavy atom. The van der Waals surface area contributed by atoms with Crippen molar-refractivity contribution < 1.29 is 0 Å². The van der Waals surface area contributed by atoms with E-state index < -0.39 is 0 Å². The molecule has 1 atom stereocenters. The zero-order chi connectivity index (χ0) is 11.2. The first-order valence-electron chi connectivity index (χ1n) is 5.73. The van der Waals surface area contributed by atoms with Gasteiger partial charge < -0.3 is 0 Å². The van der Waals surface area contributed by atoms with E-state index in [-0.39, 0.29) is 0 Å². The van der Waals surface area contributed by atoms with Crippen molar-refractivity contribution in [3.05, 3.63) is 0 Å². The molecule has 0 spiro atoms. The minimum Gasteiger partial charge on any atom is -0.179 e. The Labute approximate surface area is 100 Å². The Hall–Kier alpha value is 0.700. The van der Waals surface area contributed by atoms with E-state index in [2.05, 4.69) is 59.0 Å². The molecule has 0 aromatic heterocycles. The summed E-state index contributed by atoms with van der Waals surface area (Å²) in [6.07, 6.45) is 2.51. The van der Waals surface area contributed by atoms with Gasteiger partial charge in [-0.2, -0.15) is 24.4 Å². The summed E-state index contributed by atoms with van der Waals surface area (Å²) >= 11 is 6.62. The molecule has 0 aromatic carbocycles. The number of hydrogen-bond donors (Lipinski definition) is 1. The number of hydrogen-bond acceptors (Lipinski definition) is 2. The van der Waals surface area contributed by atoms with E-state index in [4.69, 9.17) is 0 Å². The average molecular weight is 234 g/mol. The van der Waals surface area contributed by atoms with Gasteiger partial charge >= 0.3 is 0 Å². The van der Waals surface area contributed by atoms with Crippen LogP contribution in [0, 0.1) is 11.3 Å². The molecule has 1 unspecified atom stereocenters. The van der Waals surface area contributed by atoms with Crippen molar-refractivity contribution in [2.45, 2.75) is 52.7 Å². The fraction of sp³-hybridized carbons (Fsp3) is 1.00. The molecule has 0 amide bonds. The molecule has 2 heteroatoms. The van der Waals surface area contributed by atoms with E-state index in [1.165, 1.54) is 18.6 Å². The lowest BCUT2D eigenvalue weighted by Crippen LogP contribution is -2.26. The first-order chi connectivity index (χ1) is 6.51. The minimum absolute atomic E-state index is 0.469. The molecule has 0 saturated heterocycles. The third-order valence-electron chi connectivity index (χ3n) is 3.43. The van der Waals surface area contributed by atoms with E-state index in [0.717, 1.165) is 16.9 Å². The second-order valence-electron chi connectivity index (χ2n) is 4.63. The zero-order valence-electron chi connectivity index (χ0n) is 10.3. The van der Waals surface area contributed by atoms with Crippen molar-refractivity contribution in [3.63, 3.8) is 0 Å². The third kappa shape index (κ3) is 4.48. The number of thiol groups is 1. The van der Waals surface area contributed by atoms with E-state index in [0.29, 0.717) is 5.41 Å². The second-order valence-corrected chi connectivity index (χ2v) is 6.31. The van der Waals surface area contributed by atoms with Crippen molar-refractivity contribution >= 4 is 24.4 Å². The van der Waals surface area contributed by atoms with Crippen LogP contribution in [-0.4, -0.2) is 16.8 Å². The van der Waals surface area contributed by atoms with Gasteiger partial charge in [0.1, 0.15) is 0 Å². The molecule has 0 radical (unpaired) electrons. The quantitative estimate of drug-likeness (QED) is 0.633. The van der Waals surface area contributed by atoms with Gasteiger partial charge in [0.05, 0.1) is 0 Å². The van der Waals surface area contributed by atoms with Crippen LogP contribution in [0.5, 0.6) is 0 Å². The smallest absolute Gasteiger partial charge is 0.00419 e. The first kappa shape index (κ1) is 14.7. The van der Waals surface area contributed by atoms with Crippen molar-refractivity contribution in [3.8, 4) is 0 Å². The molecular weight excluding hydrogens is 208 g/mol. The molecule has 0 bridgehead atoms. The molecule has 0 N–H and O–H groups in total. The summed E-state index contributed by atoms with van der Waals surface area (Å²) in [4.78, 5) is 0. The van der Waals surface area contributed by atoms with Crippen LogP contribution in [0.15, 0.2) is 0 Å². The van der Waals surface area contributed by atoms with Gasteiger partial charge in [0, 0.05) is 5.25 Å². The standard InChI is InChI=1S/C12H26S2/c1-6-12(7-2,8-13)9-14-11(5)10(3)4/h10-11,13H,6-9H2,1-5H3. The molecule has 0 fully saturated rings. The highest BCUT2D eigenvalue weighted by Gasteiger charge is 2.25. The van der Waals surface area contributed by atoms with Gasteiger partial charge in [-0.05, 0) is 35.7 Å². The Morgan fingerprint density at radius 1 is 1.14 bits per heavy atom. The van der Waals surface area contributed by atoms with Gasteiger partial charge in [0.15, 0.2) is 0 Å². The Kier molecular flexibility index (Phi) is 7.41. The Bertz CT molecular complexity index is 131. The second kappa shape index (κ2) is 7.05. The normalized spacial score (nSPS) is 14.8. The van der Waals surface area contributed by atoms with Gasteiger partial charge in [-0.15, -0.1) is 0 Å². The summed E-state index contributed by atoms with van der Waals surface area (Å²) in [7, 11) is 0. The van der Waals surface area contributed by atoms with Crippen LogP contribution < -0.4 is 0 Å². The largest absolute Gasteiger partial charge is 0.179 e. The third-order valence-corrected chi connectivity index (χ3v) is 5.95. The maximum absolute atomic E-state index is 4.50. The molecule has 0 aliphatic carbocycles. The monoisotopic (exact) mass is 234 g/mol. The van der Waals surface area contributed by atoms with Crippen LogP contribution >= 0.6 is 24.4 Å². The summed E-state index contributed by atoms with van der Waals surface area (Å²) in [6, 6.07) is 0. The van der Waals surface area contributed by atoms with Crippen molar-refractivity contribution in [1.29, 1.82) is 0 Å². The predicted molar refractivity (Wildman–Crippen MR) is 73.6 cm³/mol. The predicted octanol–water partition coefficient (Wildman–Crippen LogP) is 4.50. The van der Waals surface area contributed by atoms with Crippen LogP contribution in [0.4, 0.5) is 0 Å². The highest BCUT2D eigenvalue weighted by Crippen LogP contribution is 2.34.